The second-order valence-corrected chi connectivity index (χ2v) is 4.32. The van der Waals surface area contributed by atoms with Gasteiger partial charge in [0.2, 0.25) is 0 Å². The van der Waals surface area contributed by atoms with E-state index >= 15 is 0 Å². The molecular weight excluding hydrogens is 208 g/mol. The number of fused-ring (bicyclic) bond motifs is 2. The molecule has 0 unspecified atom stereocenters. The number of rotatable bonds is 0. The zero-order chi connectivity index (χ0) is 11.7. The highest BCUT2D eigenvalue weighted by Gasteiger charge is 2.18. The second-order valence-electron chi connectivity index (χ2n) is 4.32. The maximum Gasteiger partial charge on any atom is 0.168 e. The molecule has 1 aromatic rings. The van der Waals surface area contributed by atoms with Crippen molar-refractivity contribution < 1.29 is 4.79 Å². The van der Waals surface area contributed by atoms with Crippen molar-refractivity contribution in [2.45, 2.75) is 19.3 Å². The van der Waals surface area contributed by atoms with Crippen molar-refractivity contribution in [1.29, 1.82) is 0 Å². The molecule has 0 heterocycles. The smallest absolute Gasteiger partial charge is 0.168 e. The third-order valence-electron chi connectivity index (χ3n) is 3.15. The fraction of sp³-hybridized carbons (Fsp3) is 0.188. The maximum atomic E-state index is 12.2. The van der Waals surface area contributed by atoms with Gasteiger partial charge in [-0.2, -0.15) is 0 Å². The topological polar surface area (TPSA) is 17.1 Å². The highest BCUT2D eigenvalue weighted by molar-refractivity contribution is 6.03. The summed E-state index contributed by atoms with van der Waals surface area (Å²) in [4.78, 5) is 12.2. The van der Waals surface area contributed by atoms with Crippen molar-refractivity contribution in [2.24, 2.45) is 0 Å². The number of ketones is 1. The van der Waals surface area contributed by atoms with Crippen LogP contribution >= 0.6 is 0 Å². The molecule has 1 heteroatoms. The van der Waals surface area contributed by atoms with Crippen LogP contribution in [-0.2, 0) is 11.2 Å². The summed E-state index contributed by atoms with van der Waals surface area (Å²) in [7, 11) is 0. The lowest BCUT2D eigenvalue weighted by Crippen LogP contribution is -2.12. The van der Waals surface area contributed by atoms with Gasteiger partial charge in [0.1, 0.15) is 0 Å². The number of hydrogen-bond acceptors (Lipinski definition) is 1. The van der Waals surface area contributed by atoms with E-state index in [1.807, 2.05) is 30.3 Å². The zero-order valence-electron chi connectivity index (χ0n) is 9.49. The molecule has 0 saturated carbocycles. The average molecular weight is 220 g/mol. The monoisotopic (exact) mass is 220 g/mol. The van der Waals surface area contributed by atoms with Gasteiger partial charge in [-0.1, -0.05) is 42.2 Å². The van der Waals surface area contributed by atoms with Crippen LogP contribution in [0, 0.1) is 11.8 Å². The van der Waals surface area contributed by atoms with Crippen LogP contribution in [0.4, 0.5) is 0 Å². The lowest BCUT2D eigenvalue weighted by molar-refractivity contribution is -0.114. The van der Waals surface area contributed by atoms with E-state index in [0.717, 1.165) is 35.1 Å². The Labute approximate surface area is 101 Å². The van der Waals surface area contributed by atoms with Crippen LogP contribution < -0.4 is 0 Å². The maximum absolute atomic E-state index is 12.2. The summed E-state index contributed by atoms with van der Waals surface area (Å²) in [6.07, 6.45) is 6.51. The van der Waals surface area contributed by atoms with Crippen LogP contribution in [0.5, 0.6) is 0 Å². The van der Waals surface area contributed by atoms with Gasteiger partial charge < -0.3 is 0 Å². The Kier molecular flexibility index (Phi) is 2.42. The van der Waals surface area contributed by atoms with Gasteiger partial charge >= 0.3 is 0 Å². The van der Waals surface area contributed by atoms with E-state index in [4.69, 9.17) is 0 Å². The number of carbonyl (C=O) groups excluding carboxylic acids is 1. The molecule has 0 fully saturated rings. The number of hydrogen-bond donors (Lipinski definition) is 0. The molecule has 0 bridgehead atoms. The standard InChI is InChI=1S/C16H12O/c17-16-11-14-7-2-1-5-12(14)9-10-13-6-3-4-8-15(13)16/h1-2,5-8H,3-4,11H2. The van der Waals surface area contributed by atoms with Gasteiger partial charge in [-0.15, -0.1) is 0 Å². The molecule has 0 N–H and O–H groups in total. The van der Waals surface area contributed by atoms with Crippen LogP contribution in [0.25, 0.3) is 0 Å². The summed E-state index contributed by atoms with van der Waals surface area (Å²) >= 11 is 0. The Morgan fingerprint density at radius 2 is 1.82 bits per heavy atom. The van der Waals surface area contributed by atoms with Crippen molar-refractivity contribution in [3.63, 3.8) is 0 Å². The Bertz CT molecular complexity index is 606. The van der Waals surface area contributed by atoms with Gasteiger partial charge in [-0.3, -0.25) is 4.79 Å². The normalized spacial score (nSPS) is 17.5. The molecule has 2 aliphatic rings. The largest absolute Gasteiger partial charge is 0.294 e. The molecule has 17 heavy (non-hydrogen) atoms. The molecule has 2 aliphatic carbocycles. The first kappa shape index (κ1) is 10.1. The first-order valence-corrected chi connectivity index (χ1v) is 5.88. The van der Waals surface area contributed by atoms with Gasteiger partial charge in [-0.25, -0.2) is 0 Å². The van der Waals surface area contributed by atoms with E-state index < -0.39 is 0 Å². The van der Waals surface area contributed by atoms with Crippen LogP contribution in [-0.4, -0.2) is 5.78 Å². The van der Waals surface area contributed by atoms with Crippen LogP contribution in [0.1, 0.15) is 24.0 Å². The fourth-order valence-corrected chi connectivity index (χ4v) is 2.26. The number of allylic oxidation sites excluding steroid dienone is 4. The number of benzene rings is 1. The van der Waals surface area contributed by atoms with Crippen molar-refractivity contribution in [1.82, 2.24) is 0 Å². The van der Waals surface area contributed by atoms with Gasteiger partial charge in [0.15, 0.2) is 5.78 Å². The van der Waals surface area contributed by atoms with Crippen molar-refractivity contribution >= 4 is 5.78 Å². The lowest BCUT2D eigenvalue weighted by Gasteiger charge is -2.13. The molecule has 82 valence electrons. The first-order chi connectivity index (χ1) is 8.34. The molecule has 1 nitrogen and oxygen atoms in total. The Morgan fingerprint density at radius 3 is 2.76 bits per heavy atom. The van der Waals surface area contributed by atoms with Crippen molar-refractivity contribution in [2.75, 3.05) is 0 Å². The van der Waals surface area contributed by atoms with E-state index in [-0.39, 0.29) is 5.78 Å². The zero-order valence-corrected chi connectivity index (χ0v) is 9.49. The summed E-state index contributed by atoms with van der Waals surface area (Å²) in [5, 5.41) is 0. The minimum Gasteiger partial charge on any atom is -0.294 e. The van der Waals surface area contributed by atoms with E-state index in [0.29, 0.717) is 6.42 Å². The first-order valence-electron chi connectivity index (χ1n) is 5.88. The van der Waals surface area contributed by atoms with Crippen LogP contribution in [0.3, 0.4) is 0 Å². The summed E-state index contributed by atoms with van der Waals surface area (Å²) in [5.41, 5.74) is 3.75. The summed E-state index contributed by atoms with van der Waals surface area (Å²) in [6, 6.07) is 7.89. The summed E-state index contributed by atoms with van der Waals surface area (Å²) in [6.45, 7) is 0. The van der Waals surface area contributed by atoms with Gasteiger partial charge in [0.25, 0.3) is 0 Å². The van der Waals surface area contributed by atoms with Gasteiger partial charge in [-0.05, 0) is 24.5 Å². The predicted octanol–water partition coefficient (Wildman–Crippen LogP) is 2.81. The Balaban J connectivity index is 2.16. The van der Waals surface area contributed by atoms with Crippen LogP contribution in [0.2, 0.25) is 0 Å². The predicted molar refractivity (Wildman–Crippen MR) is 67.4 cm³/mol. The van der Waals surface area contributed by atoms with Gasteiger partial charge in [0, 0.05) is 23.1 Å². The summed E-state index contributed by atoms with van der Waals surface area (Å²) < 4.78 is 0. The third-order valence-corrected chi connectivity index (χ3v) is 3.15. The molecule has 0 atom stereocenters. The lowest BCUT2D eigenvalue weighted by atomic mass is 9.88. The Hall–Kier alpha value is -2.07. The molecule has 0 aliphatic heterocycles. The van der Waals surface area contributed by atoms with E-state index in [1.54, 1.807) is 0 Å². The molecular formula is C16H12O. The second kappa shape index (κ2) is 4.07. The molecule has 0 spiro atoms. The quantitative estimate of drug-likeness (QED) is 0.614. The Morgan fingerprint density at radius 1 is 1.00 bits per heavy atom. The molecule has 0 saturated heterocycles. The molecule has 1 aromatic carbocycles. The minimum absolute atomic E-state index is 0.192. The average Bonchev–Trinajstić information content (AvgIpc) is 2.36. The van der Waals surface area contributed by atoms with E-state index in [9.17, 15) is 4.79 Å². The molecule has 0 amide bonds. The SMILES string of the molecule is O=C1Cc2ccccc2C#CC2=CCCC=C12. The number of Topliss-reactive ketones (excluding diaryl/α,β-unsaturated/α-hetero) is 1. The van der Waals surface area contributed by atoms with Crippen molar-refractivity contribution in [3.8, 4) is 11.8 Å². The molecule has 3 rings (SSSR count). The van der Waals surface area contributed by atoms with E-state index in [2.05, 4.69) is 17.9 Å². The van der Waals surface area contributed by atoms with Crippen LogP contribution in [0.15, 0.2) is 47.6 Å². The van der Waals surface area contributed by atoms with E-state index in [1.165, 1.54) is 0 Å². The minimum atomic E-state index is 0.192. The summed E-state index contributed by atoms with van der Waals surface area (Å²) in [5.74, 6) is 6.50. The number of carbonyl (C=O) groups is 1. The van der Waals surface area contributed by atoms with Crippen molar-refractivity contribution in [3.05, 3.63) is 58.7 Å². The highest BCUT2D eigenvalue weighted by Crippen LogP contribution is 2.23. The fourth-order valence-electron chi connectivity index (χ4n) is 2.26. The molecule has 0 radical (unpaired) electrons. The third kappa shape index (κ3) is 1.83. The molecule has 0 aromatic heterocycles. The van der Waals surface area contributed by atoms with Gasteiger partial charge in [0.05, 0.1) is 0 Å². The highest BCUT2D eigenvalue weighted by atomic mass is 16.1.